The summed E-state index contributed by atoms with van der Waals surface area (Å²) in [4.78, 5) is 19.6. The molecule has 1 aromatic carbocycles. The Hall–Kier alpha value is -2.85. The van der Waals surface area contributed by atoms with E-state index in [-0.39, 0.29) is 5.41 Å². The van der Waals surface area contributed by atoms with Crippen LogP contribution in [0.5, 0.6) is 0 Å². The fourth-order valence-electron chi connectivity index (χ4n) is 3.12. The molecule has 2 aromatic heterocycles. The molecule has 1 saturated heterocycles. The first-order chi connectivity index (χ1) is 14.8. The summed E-state index contributed by atoms with van der Waals surface area (Å²) in [6.07, 6.45) is 0. The Labute approximate surface area is 186 Å². The van der Waals surface area contributed by atoms with E-state index in [0.29, 0.717) is 22.9 Å². The Morgan fingerprint density at radius 2 is 1.74 bits per heavy atom. The summed E-state index contributed by atoms with van der Waals surface area (Å²) in [5.74, 6) is 1.84. The van der Waals surface area contributed by atoms with Crippen LogP contribution >= 0.6 is 11.8 Å². The highest BCUT2D eigenvalue weighted by atomic mass is 32.2. The maximum Gasteiger partial charge on any atom is 0.234 e. The van der Waals surface area contributed by atoms with E-state index in [1.54, 1.807) is 0 Å². The maximum absolute atomic E-state index is 5.81. The molecule has 0 radical (unpaired) electrons. The lowest BCUT2D eigenvalue weighted by Crippen LogP contribution is -2.45. The van der Waals surface area contributed by atoms with Crippen LogP contribution in [0.3, 0.4) is 0 Å². The summed E-state index contributed by atoms with van der Waals surface area (Å²) in [5.41, 5.74) is 7.57. The van der Waals surface area contributed by atoms with Crippen LogP contribution < -0.4 is 16.0 Å². The van der Waals surface area contributed by atoms with Gasteiger partial charge in [0.25, 0.3) is 0 Å². The largest absolute Gasteiger partial charge is 0.399 e. The molecule has 31 heavy (non-hydrogen) atoms. The van der Waals surface area contributed by atoms with Crippen LogP contribution in [0.4, 0.5) is 23.4 Å². The van der Waals surface area contributed by atoms with Gasteiger partial charge in [0.15, 0.2) is 11.0 Å². The molecule has 0 spiro atoms. The maximum atomic E-state index is 5.81. The molecular weight excluding hydrogens is 410 g/mol. The number of rotatable bonds is 5. The van der Waals surface area contributed by atoms with Crippen molar-refractivity contribution in [3.8, 4) is 0 Å². The van der Waals surface area contributed by atoms with Crippen molar-refractivity contribution < 1.29 is 0 Å². The van der Waals surface area contributed by atoms with Crippen molar-refractivity contribution in [1.29, 1.82) is 0 Å². The van der Waals surface area contributed by atoms with Gasteiger partial charge in [-0.15, -0.1) is 0 Å². The van der Waals surface area contributed by atoms with E-state index in [0.717, 1.165) is 42.5 Å². The van der Waals surface area contributed by atoms with Gasteiger partial charge in [0, 0.05) is 53.9 Å². The number of benzene rings is 1. The first-order valence-corrected chi connectivity index (χ1v) is 11.1. The molecule has 10 heteroatoms. The quantitative estimate of drug-likeness (QED) is 0.516. The SMILES string of the molecule is CN1CCN(c2nc(Nc3cc(C(C)(C)C)[nH]n3)nc(Sc3ccc(N)cc3)n2)CC1. The van der Waals surface area contributed by atoms with Crippen molar-refractivity contribution in [2.75, 3.05) is 49.2 Å². The monoisotopic (exact) mass is 439 g/mol. The summed E-state index contributed by atoms with van der Waals surface area (Å²) < 4.78 is 0. The summed E-state index contributed by atoms with van der Waals surface area (Å²) >= 11 is 1.49. The third-order valence-corrected chi connectivity index (χ3v) is 5.98. The molecule has 4 N–H and O–H groups in total. The van der Waals surface area contributed by atoms with Gasteiger partial charge in [0.05, 0.1) is 0 Å². The molecule has 3 heterocycles. The first kappa shape index (κ1) is 21.4. The number of anilines is 4. The van der Waals surface area contributed by atoms with Gasteiger partial charge in [-0.2, -0.15) is 20.1 Å². The fraction of sp³-hybridized carbons (Fsp3) is 0.429. The van der Waals surface area contributed by atoms with Crippen LogP contribution in [0.25, 0.3) is 0 Å². The molecule has 0 amide bonds. The summed E-state index contributed by atoms with van der Waals surface area (Å²) in [7, 11) is 2.13. The van der Waals surface area contributed by atoms with E-state index in [9.17, 15) is 0 Å². The number of aromatic nitrogens is 5. The third kappa shape index (κ3) is 5.45. The predicted octanol–water partition coefficient (Wildman–Crippen LogP) is 3.12. The van der Waals surface area contributed by atoms with Crippen molar-refractivity contribution in [2.45, 2.75) is 36.2 Å². The molecule has 164 valence electrons. The van der Waals surface area contributed by atoms with Crippen molar-refractivity contribution in [1.82, 2.24) is 30.0 Å². The highest BCUT2D eigenvalue weighted by Crippen LogP contribution is 2.29. The molecule has 0 aliphatic carbocycles. The Morgan fingerprint density at radius 3 is 2.39 bits per heavy atom. The second kappa shape index (κ2) is 8.72. The number of nitrogens with one attached hydrogen (secondary N) is 2. The topological polar surface area (TPSA) is 112 Å². The first-order valence-electron chi connectivity index (χ1n) is 10.3. The van der Waals surface area contributed by atoms with E-state index in [1.807, 2.05) is 30.3 Å². The fourth-order valence-corrected chi connectivity index (χ4v) is 3.86. The number of nitrogen functional groups attached to an aromatic ring is 1. The molecule has 4 rings (SSSR count). The van der Waals surface area contributed by atoms with Gasteiger partial charge in [-0.3, -0.25) is 5.10 Å². The van der Waals surface area contributed by atoms with Crippen LogP contribution in [0.1, 0.15) is 26.5 Å². The highest BCUT2D eigenvalue weighted by Gasteiger charge is 2.20. The molecule has 1 aliphatic heterocycles. The van der Waals surface area contributed by atoms with Gasteiger partial charge >= 0.3 is 0 Å². The molecule has 1 fully saturated rings. The number of likely N-dealkylation sites (N-methyl/N-ethyl adjacent to an activating group) is 1. The smallest absolute Gasteiger partial charge is 0.234 e. The number of hydrogen-bond donors (Lipinski definition) is 3. The molecule has 0 atom stereocenters. The number of nitrogens with two attached hydrogens (primary N) is 1. The zero-order valence-electron chi connectivity index (χ0n) is 18.4. The van der Waals surface area contributed by atoms with Crippen molar-refractivity contribution in [3.63, 3.8) is 0 Å². The minimum Gasteiger partial charge on any atom is -0.399 e. The van der Waals surface area contributed by atoms with Crippen molar-refractivity contribution in [2.24, 2.45) is 0 Å². The molecule has 0 saturated carbocycles. The second-order valence-corrected chi connectivity index (χ2v) is 9.79. The van der Waals surface area contributed by atoms with Crippen molar-refractivity contribution in [3.05, 3.63) is 36.0 Å². The summed E-state index contributed by atoms with van der Waals surface area (Å²) in [5, 5.41) is 11.3. The van der Waals surface area contributed by atoms with E-state index >= 15 is 0 Å². The zero-order valence-corrected chi connectivity index (χ0v) is 19.2. The van der Waals surface area contributed by atoms with Gasteiger partial charge in [-0.25, -0.2) is 0 Å². The normalized spacial score (nSPS) is 15.3. The van der Waals surface area contributed by atoms with E-state index in [2.05, 4.69) is 58.1 Å². The molecule has 3 aromatic rings. The molecular formula is C21H29N9S. The third-order valence-electron chi connectivity index (χ3n) is 5.10. The molecule has 0 unspecified atom stereocenters. The van der Waals surface area contributed by atoms with Gasteiger partial charge in [0.2, 0.25) is 11.9 Å². The van der Waals surface area contributed by atoms with Crippen LogP contribution in [0, 0.1) is 0 Å². The van der Waals surface area contributed by atoms with E-state index in [4.69, 9.17) is 15.7 Å². The number of piperazine rings is 1. The van der Waals surface area contributed by atoms with Gasteiger partial charge in [-0.05, 0) is 43.1 Å². The molecule has 0 bridgehead atoms. The van der Waals surface area contributed by atoms with Gasteiger partial charge in [-0.1, -0.05) is 20.8 Å². The average molecular weight is 440 g/mol. The van der Waals surface area contributed by atoms with Crippen molar-refractivity contribution >= 4 is 35.2 Å². The molecule has 9 nitrogen and oxygen atoms in total. The van der Waals surface area contributed by atoms with Gasteiger partial charge < -0.3 is 20.9 Å². The van der Waals surface area contributed by atoms with Crippen LogP contribution in [-0.4, -0.2) is 63.3 Å². The standard InChI is InChI=1S/C21H29N9S/c1-21(2,3)16-13-17(28-27-16)23-18-24-19(30-11-9-29(4)10-12-30)26-20(25-18)31-15-7-5-14(22)6-8-15/h5-8,13H,9-12,22H2,1-4H3,(H2,23,24,25,26,27,28). The van der Waals surface area contributed by atoms with Crippen LogP contribution in [-0.2, 0) is 5.41 Å². The Balaban J connectivity index is 1.62. The zero-order chi connectivity index (χ0) is 22.0. The Bertz CT molecular complexity index is 1020. The highest BCUT2D eigenvalue weighted by molar-refractivity contribution is 7.99. The second-order valence-electron chi connectivity index (χ2n) is 8.74. The number of aromatic amines is 1. The summed E-state index contributed by atoms with van der Waals surface area (Å²) in [6, 6.07) is 9.68. The lowest BCUT2D eigenvalue weighted by Gasteiger charge is -2.32. The predicted molar refractivity (Wildman–Crippen MR) is 125 cm³/mol. The molecule has 1 aliphatic rings. The summed E-state index contributed by atoms with van der Waals surface area (Å²) in [6.45, 7) is 10.1. The number of nitrogens with zero attached hydrogens (tertiary/aromatic N) is 6. The van der Waals surface area contributed by atoms with Gasteiger partial charge in [0.1, 0.15) is 0 Å². The minimum atomic E-state index is -0.0206. The number of hydrogen-bond acceptors (Lipinski definition) is 9. The Kier molecular flexibility index (Phi) is 6.01. The lowest BCUT2D eigenvalue weighted by atomic mass is 9.92. The lowest BCUT2D eigenvalue weighted by molar-refractivity contribution is 0.311. The van der Waals surface area contributed by atoms with E-state index in [1.165, 1.54) is 11.8 Å². The Morgan fingerprint density at radius 1 is 1.03 bits per heavy atom. The van der Waals surface area contributed by atoms with Crippen LogP contribution in [0.15, 0.2) is 40.4 Å². The number of H-pyrrole nitrogens is 1. The minimum absolute atomic E-state index is 0.0206. The van der Waals surface area contributed by atoms with E-state index < -0.39 is 0 Å². The van der Waals surface area contributed by atoms with Crippen LogP contribution in [0.2, 0.25) is 0 Å². The average Bonchev–Trinajstić information content (AvgIpc) is 3.19.